The fraction of sp³-hybridized carbons (Fsp3) is 0.273. The van der Waals surface area contributed by atoms with Crippen LogP contribution >= 0.6 is 0 Å². The molecule has 1 aliphatic rings. The predicted octanol–water partition coefficient (Wildman–Crippen LogP) is 4.49. The third-order valence-corrected chi connectivity index (χ3v) is 4.89. The van der Waals surface area contributed by atoms with E-state index >= 15 is 0 Å². The zero-order valence-electron chi connectivity index (χ0n) is 15.6. The minimum atomic E-state index is 0.597. The molecule has 1 saturated heterocycles. The van der Waals surface area contributed by atoms with Crippen LogP contribution in [0.5, 0.6) is 5.75 Å². The van der Waals surface area contributed by atoms with E-state index in [9.17, 15) is 0 Å². The Balaban J connectivity index is 1.38. The van der Waals surface area contributed by atoms with Gasteiger partial charge >= 0.3 is 0 Å². The van der Waals surface area contributed by atoms with Crippen molar-refractivity contribution in [2.45, 2.75) is 19.4 Å². The molecule has 2 heterocycles. The normalized spacial score (nSPS) is 14.3. The predicted molar refractivity (Wildman–Crippen MR) is 108 cm³/mol. The van der Waals surface area contributed by atoms with E-state index in [1.165, 1.54) is 31.5 Å². The second-order valence-corrected chi connectivity index (χ2v) is 6.83. The molecule has 3 aromatic rings. The maximum Gasteiger partial charge on any atom is 0.227 e. The fourth-order valence-electron chi connectivity index (χ4n) is 3.35. The SMILES string of the molecule is COc1ccc(-c2cnc(Nc3ccc(CN4CCCC4)cc3)nc2)cc1. The highest BCUT2D eigenvalue weighted by molar-refractivity contribution is 5.63. The average Bonchev–Trinajstić information content (AvgIpc) is 3.23. The molecule has 0 aliphatic carbocycles. The summed E-state index contributed by atoms with van der Waals surface area (Å²) in [7, 11) is 1.66. The van der Waals surface area contributed by atoms with Gasteiger partial charge in [0.2, 0.25) is 5.95 Å². The molecule has 138 valence electrons. The van der Waals surface area contributed by atoms with E-state index in [4.69, 9.17) is 4.74 Å². The van der Waals surface area contributed by atoms with Crippen molar-refractivity contribution in [3.8, 4) is 16.9 Å². The molecule has 0 unspecified atom stereocenters. The van der Waals surface area contributed by atoms with Crippen molar-refractivity contribution in [3.05, 3.63) is 66.5 Å². The van der Waals surface area contributed by atoms with E-state index in [1.807, 2.05) is 36.7 Å². The molecule has 4 rings (SSSR count). The van der Waals surface area contributed by atoms with Crippen LogP contribution in [-0.4, -0.2) is 35.1 Å². The summed E-state index contributed by atoms with van der Waals surface area (Å²) in [6.45, 7) is 3.47. The summed E-state index contributed by atoms with van der Waals surface area (Å²) >= 11 is 0. The highest BCUT2D eigenvalue weighted by atomic mass is 16.5. The molecule has 27 heavy (non-hydrogen) atoms. The lowest BCUT2D eigenvalue weighted by atomic mass is 10.1. The lowest BCUT2D eigenvalue weighted by Gasteiger charge is -2.14. The van der Waals surface area contributed by atoms with Gasteiger partial charge in [0.15, 0.2) is 0 Å². The summed E-state index contributed by atoms with van der Waals surface area (Å²) in [6.07, 6.45) is 6.31. The first-order valence-corrected chi connectivity index (χ1v) is 9.35. The molecule has 0 radical (unpaired) electrons. The van der Waals surface area contributed by atoms with Crippen molar-refractivity contribution in [1.29, 1.82) is 0 Å². The lowest BCUT2D eigenvalue weighted by molar-refractivity contribution is 0.331. The minimum Gasteiger partial charge on any atom is -0.497 e. The van der Waals surface area contributed by atoms with E-state index < -0.39 is 0 Å². The highest BCUT2D eigenvalue weighted by Crippen LogP contribution is 2.22. The van der Waals surface area contributed by atoms with E-state index in [0.717, 1.165) is 29.1 Å². The number of anilines is 2. The van der Waals surface area contributed by atoms with Crippen LogP contribution in [0.3, 0.4) is 0 Å². The molecular formula is C22H24N4O. The van der Waals surface area contributed by atoms with Crippen molar-refractivity contribution in [1.82, 2.24) is 14.9 Å². The molecule has 5 heteroatoms. The summed E-state index contributed by atoms with van der Waals surface area (Å²) < 4.78 is 5.19. The number of aromatic nitrogens is 2. The topological polar surface area (TPSA) is 50.3 Å². The fourth-order valence-corrected chi connectivity index (χ4v) is 3.35. The number of nitrogens with one attached hydrogen (secondary N) is 1. The van der Waals surface area contributed by atoms with Crippen LogP contribution in [-0.2, 0) is 6.54 Å². The zero-order valence-corrected chi connectivity index (χ0v) is 15.6. The Morgan fingerprint density at radius 2 is 1.56 bits per heavy atom. The number of rotatable bonds is 6. The second-order valence-electron chi connectivity index (χ2n) is 6.83. The van der Waals surface area contributed by atoms with Gasteiger partial charge < -0.3 is 10.1 Å². The standard InChI is InChI=1S/C22H24N4O/c1-27-21-10-6-18(7-11-21)19-14-23-22(24-15-19)25-20-8-4-17(5-9-20)16-26-12-2-3-13-26/h4-11,14-15H,2-3,12-13,16H2,1H3,(H,23,24,25). The summed E-state index contributed by atoms with van der Waals surface area (Å²) in [5.41, 5.74) is 4.38. The van der Waals surface area contributed by atoms with Gasteiger partial charge in [-0.05, 0) is 61.3 Å². The summed E-state index contributed by atoms with van der Waals surface area (Å²) in [4.78, 5) is 11.4. The summed E-state index contributed by atoms with van der Waals surface area (Å²) in [5.74, 6) is 1.44. The van der Waals surface area contributed by atoms with Crippen LogP contribution < -0.4 is 10.1 Å². The molecule has 0 bridgehead atoms. The van der Waals surface area contributed by atoms with E-state index in [1.54, 1.807) is 7.11 Å². The molecule has 1 aliphatic heterocycles. The third kappa shape index (κ3) is 4.44. The van der Waals surface area contributed by atoms with Gasteiger partial charge in [-0.1, -0.05) is 24.3 Å². The quantitative estimate of drug-likeness (QED) is 0.702. The second kappa shape index (κ2) is 8.18. The molecule has 1 N–H and O–H groups in total. The molecule has 5 nitrogen and oxygen atoms in total. The summed E-state index contributed by atoms with van der Waals surface area (Å²) in [6, 6.07) is 16.4. The number of benzene rings is 2. The first-order chi connectivity index (χ1) is 13.3. The third-order valence-electron chi connectivity index (χ3n) is 4.89. The van der Waals surface area contributed by atoms with Gasteiger partial charge in [-0.25, -0.2) is 9.97 Å². The number of hydrogen-bond donors (Lipinski definition) is 1. The number of methoxy groups -OCH3 is 1. The average molecular weight is 360 g/mol. The Morgan fingerprint density at radius 3 is 2.19 bits per heavy atom. The van der Waals surface area contributed by atoms with E-state index in [-0.39, 0.29) is 0 Å². The van der Waals surface area contributed by atoms with Crippen LogP contribution in [0.2, 0.25) is 0 Å². The van der Waals surface area contributed by atoms with Gasteiger partial charge in [-0.2, -0.15) is 0 Å². The van der Waals surface area contributed by atoms with Crippen molar-refractivity contribution < 1.29 is 4.74 Å². The van der Waals surface area contributed by atoms with Crippen molar-refractivity contribution >= 4 is 11.6 Å². The summed E-state index contributed by atoms with van der Waals surface area (Å²) in [5, 5.41) is 3.27. The Labute approximate surface area is 160 Å². The first kappa shape index (κ1) is 17.5. The van der Waals surface area contributed by atoms with Crippen molar-refractivity contribution in [3.63, 3.8) is 0 Å². The number of hydrogen-bond acceptors (Lipinski definition) is 5. The van der Waals surface area contributed by atoms with E-state index in [2.05, 4.69) is 44.5 Å². The van der Waals surface area contributed by atoms with Gasteiger partial charge in [0.1, 0.15) is 5.75 Å². The maximum absolute atomic E-state index is 5.19. The molecule has 0 amide bonds. The molecule has 0 spiro atoms. The Morgan fingerprint density at radius 1 is 0.889 bits per heavy atom. The van der Waals surface area contributed by atoms with Crippen LogP contribution in [0.25, 0.3) is 11.1 Å². The molecule has 0 atom stereocenters. The van der Waals surface area contributed by atoms with Crippen LogP contribution in [0.1, 0.15) is 18.4 Å². The van der Waals surface area contributed by atoms with Crippen molar-refractivity contribution in [2.75, 3.05) is 25.5 Å². The van der Waals surface area contributed by atoms with Gasteiger partial charge in [0.05, 0.1) is 7.11 Å². The monoisotopic (exact) mass is 360 g/mol. The van der Waals surface area contributed by atoms with Crippen LogP contribution in [0, 0.1) is 0 Å². The Bertz CT molecular complexity index is 854. The van der Waals surface area contributed by atoms with Crippen LogP contribution in [0.4, 0.5) is 11.6 Å². The Hall–Kier alpha value is -2.92. The minimum absolute atomic E-state index is 0.597. The molecular weight excluding hydrogens is 336 g/mol. The zero-order chi connectivity index (χ0) is 18.5. The number of likely N-dealkylation sites (tertiary alicyclic amines) is 1. The lowest BCUT2D eigenvalue weighted by Crippen LogP contribution is -2.18. The largest absolute Gasteiger partial charge is 0.497 e. The number of ether oxygens (including phenoxy) is 1. The smallest absolute Gasteiger partial charge is 0.227 e. The van der Waals surface area contributed by atoms with Gasteiger partial charge in [0, 0.05) is 30.2 Å². The van der Waals surface area contributed by atoms with E-state index in [0.29, 0.717) is 5.95 Å². The Kier molecular flexibility index (Phi) is 5.30. The molecule has 0 saturated carbocycles. The maximum atomic E-state index is 5.19. The van der Waals surface area contributed by atoms with Gasteiger partial charge in [-0.3, -0.25) is 4.90 Å². The molecule has 1 fully saturated rings. The molecule has 1 aromatic heterocycles. The van der Waals surface area contributed by atoms with Crippen LogP contribution in [0.15, 0.2) is 60.9 Å². The highest BCUT2D eigenvalue weighted by Gasteiger charge is 2.11. The molecule has 2 aromatic carbocycles. The van der Waals surface area contributed by atoms with Gasteiger partial charge in [0.25, 0.3) is 0 Å². The van der Waals surface area contributed by atoms with Gasteiger partial charge in [-0.15, -0.1) is 0 Å². The first-order valence-electron chi connectivity index (χ1n) is 9.35. The van der Waals surface area contributed by atoms with Crippen molar-refractivity contribution in [2.24, 2.45) is 0 Å². The number of nitrogens with zero attached hydrogens (tertiary/aromatic N) is 3.